The maximum absolute atomic E-state index is 12.2. The molecule has 1 aromatic rings. The summed E-state index contributed by atoms with van der Waals surface area (Å²) in [5.41, 5.74) is 0.467. The number of ether oxygens (including phenoxy) is 2. The monoisotopic (exact) mass is 278 g/mol. The lowest BCUT2D eigenvalue weighted by Crippen LogP contribution is -2.40. The summed E-state index contributed by atoms with van der Waals surface area (Å²) >= 11 is 0. The van der Waals surface area contributed by atoms with Crippen molar-refractivity contribution in [2.24, 2.45) is 0 Å². The molecule has 0 radical (unpaired) electrons. The first-order chi connectivity index (χ1) is 9.47. The minimum atomic E-state index is -0.234. The van der Waals surface area contributed by atoms with E-state index in [-0.39, 0.29) is 31.2 Å². The van der Waals surface area contributed by atoms with Gasteiger partial charge in [-0.05, 0) is 32.0 Å². The third-order valence-corrected chi connectivity index (χ3v) is 2.80. The van der Waals surface area contributed by atoms with E-state index >= 15 is 0 Å². The van der Waals surface area contributed by atoms with Crippen molar-refractivity contribution in [1.29, 1.82) is 0 Å². The van der Waals surface area contributed by atoms with Crippen LogP contribution in [-0.2, 0) is 4.79 Å². The van der Waals surface area contributed by atoms with E-state index in [0.29, 0.717) is 17.1 Å². The highest BCUT2D eigenvalue weighted by Crippen LogP contribution is 2.32. The Morgan fingerprint density at radius 1 is 1.30 bits per heavy atom. The van der Waals surface area contributed by atoms with E-state index in [0.717, 1.165) is 0 Å². The normalized spacial score (nSPS) is 12.4. The molecule has 1 heterocycles. The number of benzene rings is 1. The maximum atomic E-state index is 12.2. The van der Waals surface area contributed by atoms with Gasteiger partial charge in [-0.3, -0.25) is 9.59 Å². The van der Waals surface area contributed by atoms with Crippen LogP contribution in [0.4, 0.5) is 0 Å². The molecule has 108 valence electrons. The molecule has 6 heteroatoms. The lowest BCUT2D eigenvalue weighted by Gasteiger charge is -2.18. The number of nitrogens with one attached hydrogen (secondary N) is 1. The van der Waals surface area contributed by atoms with Crippen LogP contribution < -0.4 is 14.8 Å². The number of carbonyl (C=O) groups excluding carboxylic acids is 2. The van der Waals surface area contributed by atoms with E-state index in [4.69, 9.17) is 9.47 Å². The van der Waals surface area contributed by atoms with Crippen molar-refractivity contribution in [3.05, 3.63) is 23.8 Å². The third kappa shape index (κ3) is 3.20. The molecule has 1 N–H and O–H groups in total. The molecular formula is C14H18N2O4. The average molecular weight is 278 g/mol. The fraction of sp³-hybridized carbons (Fsp3) is 0.429. The predicted molar refractivity (Wildman–Crippen MR) is 72.8 cm³/mol. The molecule has 0 bridgehead atoms. The molecule has 0 unspecified atom stereocenters. The zero-order chi connectivity index (χ0) is 14.7. The molecule has 20 heavy (non-hydrogen) atoms. The van der Waals surface area contributed by atoms with E-state index in [9.17, 15) is 9.59 Å². The highest BCUT2D eigenvalue weighted by Gasteiger charge is 2.19. The smallest absolute Gasteiger partial charge is 0.254 e. The first-order valence-electron chi connectivity index (χ1n) is 6.42. The summed E-state index contributed by atoms with van der Waals surface area (Å²) in [6.07, 6.45) is 0. The second-order valence-corrected chi connectivity index (χ2v) is 4.95. The summed E-state index contributed by atoms with van der Waals surface area (Å²) in [4.78, 5) is 25.2. The van der Waals surface area contributed by atoms with Crippen molar-refractivity contribution >= 4 is 11.8 Å². The predicted octanol–water partition coefficient (Wildman–Crippen LogP) is 1.01. The number of hydrogen-bond donors (Lipinski definition) is 1. The fourth-order valence-electron chi connectivity index (χ4n) is 1.90. The van der Waals surface area contributed by atoms with Crippen molar-refractivity contribution in [3.63, 3.8) is 0 Å². The number of rotatable bonds is 4. The van der Waals surface area contributed by atoms with E-state index in [1.54, 1.807) is 25.2 Å². The largest absolute Gasteiger partial charge is 0.454 e. The highest BCUT2D eigenvalue weighted by atomic mass is 16.7. The van der Waals surface area contributed by atoms with Crippen molar-refractivity contribution in [2.75, 3.05) is 20.4 Å². The lowest BCUT2D eigenvalue weighted by atomic mass is 10.2. The van der Waals surface area contributed by atoms with E-state index in [1.165, 1.54) is 4.90 Å². The Balaban J connectivity index is 2.01. The Hall–Kier alpha value is -2.24. The summed E-state index contributed by atoms with van der Waals surface area (Å²) < 4.78 is 10.4. The molecule has 0 spiro atoms. The van der Waals surface area contributed by atoms with Crippen molar-refractivity contribution in [1.82, 2.24) is 10.2 Å². The third-order valence-electron chi connectivity index (χ3n) is 2.80. The van der Waals surface area contributed by atoms with Gasteiger partial charge >= 0.3 is 0 Å². The van der Waals surface area contributed by atoms with Gasteiger partial charge in [0, 0.05) is 18.7 Å². The van der Waals surface area contributed by atoms with Crippen LogP contribution in [0.25, 0.3) is 0 Å². The number of fused-ring (bicyclic) bond motifs is 1. The van der Waals surface area contributed by atoms with Gasteiger partial charge in [0.05, 0.1) is 6.54 Å². The zero-order valence-corrected chi connectivity index (χ0v) is 11.8. The van der Waals surface area contributed by atoms with Gasteiger partial charge in [-0.15, -0.1) is 0 Å². The molecule has 0 aliphatic carbocycles. The number of likely N-dealkylation sites (N-methyl/N-ethyl adjacent to an activating group) is 1. The summed E-state index contributed by atoms with van der Waals surface area (Å²) in [6.45, 7) is 3.93. The van der Waals surface area contributed by atoms with Gasteiger partial charge in [-0.1, -0.05) is 0 Å². The van der Waals surface area contributed by atoms with Crippen LogP contribution >= 0.6 is 0 Å². The van der Waals surface area contributed by atoms with Gasteiger partial charge in [0.15, 0.2) is 11.5 Å². The van der Waals surface area contributed by atoms with Crippen LogP contribution in [-0.4, -0.2) is 43.1 Å². The first-order valence-corrected chi connectivity index (χ1v) is 6.42. The molecule has 0 saturated heterocycles. The van der Waals surface area contributed by atoms with Gasteiger partial charge in [0.2, 0.25) is 12.7 Å². The number of carbonyl (C=O) groups is 2. The minimum absolute atomic E-state index is 0.0193. The Morgan fingerprint density at radius 3 is 2.70 bits per heavy atom. The zero-order valence-electron chi connectivity index (χ0n) is 11.8. The first kappa shape index (κ1) is 14.2. The van der Waals surface area contributed by atoms with Crippen molar-refractivity contribution < 1.29 is 19.1 Å². The van der Waals surface area contributed by atoms with Crippen LogP contribution in [0.15, 0.2) is 18.2 Å². The van der Waals surface area contributed by atoms with E-state index in [1.807, 2.05) is 13.8 Å². The molecule has 0 atom stereocenters. The second kappa shape index (κ2) is 5.81. The summed E-state index contributed by atoms with van der Waals surface area (Å²) in [6, 6.07) is 5.03. The number of amides is 2. The molecule has 0 saturated carbocycles. The van der Waals surface area contributed by atoms with Gasteiger partial charge < -0.3 is 19.7 Å². The molecule has 2 rings (SSSR count). The Kier molecular flexibility index (Phi) is 4.12. The molecule has 1 aromatic carbocycles. The van der Waals surface area contributed by atoms with Gasteiger partial charge in [0.25, 0.3) is 5.91 Å². The molecule has 1 aliphatic rings. The Labute approximate surface area is 117 Å². The van der Waals surface area contributed by atoms with E-state index < -0.39 is 0 Å². The van der Waals surface area contributed by atoms with E-state index in [2.05, 4.69) is 5.32 Å². The molecular weight excluding hydrogens is 260 g/mol. The molecule has 0 aromatic heterocycles. The van der Waals surface area contributed by atoms with Crippen molar-refractivity contribution in [2.45, 2.75) is 19.9 Å². The van der Waals surface area contributed by atoms with Gasteiger partial charge in [-0.25, -0.2) is 0 Å². The standard InChI is InChI=1S/C14H18N2O4/c1-9(2)15-13(17)7-16(3)14(18)10-4-5-11-12(6-10)20-8-19-11/h4-6,9H,7-8H2,1-3H3,(H,15,17). The summed E-state index contributed by atoms with van der Waals surface area (Å²) in [5, 5.41) is 2.74. The number of hydrogen-bond acceptors (Lipinski definition) is 4. The SMILES string of the molecule is CC(C)NC(=O)CN(C)C(=O)c1ccc2c(c1)OCO2. The van der Waals surface area contributed by atoms with Crippen LogP contribution in [0, 0.1) is 0 Å². The fourth-order valence-corrected chi connectivity index (χ4v) is 1.90. The van der Waals surface area contributed by atoms with Gasteiger partial charge in [-0.2, -0.15) is 0 Å². The lowest BCUT2D eigenvalue weighted by molar-refractivity contribution is -0.122. The molecule has 1 aliphatic heterocycles. The summed E-state index contributed by atoms with van der Waals surface area (Å²) in [7, 11) is 1.59. The quantitative estimate of drug-likeness (QED) is 0.892. The van der Waals surface area contributed by atoms with Crippen molar-refractivity contribution in [3.8, 4) is 11.5 Å². The Morgan fingerprint density at radius 2 is 2.00 bits per heavy atom. The summed E-state index contributed by atoms with van der Waals surface area (Å²) in [5.74, 6) is 0.761. The van der Waals surface area contributed by atoms with Crippen LogP contribution in [0.1, 0.15) is 24.2 Å². The topological polar surface area (TPSA) is 67.9 Å². The minimum Gasteiger partial charge on any atom is -0.454 e. The number of nitrogens with zero attached hydrogens (tertiary/aromatic N) is 1. The maximum Gasteiger partial charge on any atom is 0.254 e. The second-order valence-electron chi connectivity index (χ2n) is 4.95. The van der Waals surface area contributed by atoms with Crippen LogP contribution in [0.5, 0.6) is 11.5 Å². The van der Waals surface area contributed by atoms with Crippen LogP contribution in [0.2, 0.25) is 0 Å². The Bertz CT molecular complexity index is 528. The average Bonchev–Trinajstić information content (AvgIpc) is 2.83. The molecule has 0 fully saturated rings. The van der Waals surface area contributed by atoms with Gasteiger partial charge in [0.1, 0.15) is 0 Å². The van der Waals surface area contributed by atoms with Crippen LogP contribution in [0.3, 0.4) is 0 Å². The molecule has 6 nitrogen and oxygen atoms in total. The highest BCUT2D eigenvalue weighted by molar-refractivity contribution is 5.97. The molecule has 2 amide bonds.